The fraction of sp³-hybridized carbons (Fsp3) is 0.533. The van der Waals surface area contributed by atoms with E-state index in [0.717, 1.165) is 6.42 Å². The summed E-state index contributed by atoms with van der Waals surface area (Å²) in [4.78, 5) is 12.0. The number of hydrogen-bond acceptors (Lipinski definition) is 3. The van der Waals surface area contributed by atoms with Crippen LogP contribution in [0.15, 0.2) is 18.2 Å². The van der Waals surface area contributed by atoms with Gasteiger partial charge in [0.05, 0.1) is 13.7 Å². The van der Waals surface area contributed by atoms with Gasteiger partial charge in [-0.2, -0.15) is 0 Å². The third kappa shape index (κ3) is 4.81. The predicted molar refractivity (Wildman–Crippen MR) is 76.0 cm³/mol. The Morgan fingerprint density at radius 2 is 2.05 bits per heavy atom. The summed E-state index contributed by atoms with van der Waals surface area (Å²) >= 11 is 0. The van der Waals surface area contributed by atoms with Crippen molar-refractivity contribution in [3.8, 4) is 11.5 Å². The Kier molecular flexibility index (Phi) is 6.19. The van der Waals surface area contributed by atoms with Crippen molar-refractivity contribution in [3.05, 3.63) is 23.8 Å². The molecule has 0 saturated heterocycles. The van der Waals surface area contributed by atoms with Gasteiger partial charge in [-0.15, -0.1) is 0 Å². The van der Waals surface area contributed by atoms with E-state index in [4.69, 9.17) is 9.47 Å². The summed E-state index contributed by atoms with van der Waals surface area (Å²) in [6.45, 7) is 7.38. The Morgan fingerprint density at radius 3 is 2.63 bits per heavy atom. The summed E-state index contributed by atoms with van der Waals surface area (Å²) in [5, 5.41) is 2.90. The van der Waals surface area contributed by atoms with Crippen LogP contribution in [0, 0.1) is 5.92 Å². The second-order valence-corrected chi connectivity index (χ2v) is 4.74. The molecule has 0 unspecified atom stereocenters. The highest BCUT2D eigenvalue weighted by Crippen LogP contribution is 2.27. The zero-order valence-electron chi connectivity index (χ0n) is 12.2. The Bertz CT molecular complexity index is 416. The van der Waals surface area contributed by atoms with Crippen LogP contribution in [0.3, 0.4) is 0 Å². The highest BCUT2D eigenvalue weighted by atomic mass is 16.5. The van der Waals surface area contributed by atoms with Gasteiger partial charge in [0.2, 0.25) is 0 Å². The lowest BCUT2D eigenvalue weighted by Gasteiger charge is -2.11. The Labute approximate surface area is 115 Å². The lowest BCUT2D eigenvalue weighted by atomic mass is 10.1. The molecule has 4 nitrogen and oxygen atoms in total. The average molecular weight is 265 g/mol. The molecular weight excluding hydrogens is 242 g/mol. The number of nitrogens with one attached hydrogen (secondary N) is 1. The first-order valence-electron chi connectivity index (χ1n) is 6.67. The summed E-state index contributed by atoms with van der Waals surface area (Å²) < 4.78 is 10.6. The first-order valence-corrected chi connectivity index (χ1v) is 6.67. The van der Waals surface area contributed by atoms with E-state index in [-0.39, 0.29) is 5.91 Å². The third-order valence-electron chi connectivity index (χ3n) is 2.73. The standard InChI is InChI=1S/C15H23NO3/c1-5-19-14-10-12(6-7-13(14)18-4)15(17)16-9-8-11(2)3/h6-7,10-11H,5,8-9H2,1-4H3,(H,16,17). The minimum atomic E-state index is -0.0794. The molecule has 1 N–H and O–H groups in total. The zero-order chi connectivity index (χ0) is 14.3. The van der Waals surface area contributed by atoms with Gasteiger partial charge in [0.25, 0.3) is 5.91 Å². The molecule has 1 rings (SSSR count). The Balaban J connectivity index is 2.71. The van der Waals surface area contributed by atoms with Crippen LogP contribution in [0.1, 0.15) is 37.6 Å². The van der Waals surface area contributed by atoms with Gasteiger partial charge in [-0.1, -0.05) is 13.8 Å². The van der Waals surface area contributed by atoms with E-state index in [2.05, 4.69) is 19.2 Å². The Morgan fingerprint density at radius 1 is 1.32 bits per heavy atom. The first-order chi connectivity index (χ1) is 9.08. The molecular formula is C15H23NO3. The lowest BCUT2D eigenvalue weighted by Crippen LogP contribution is -2.25. The molecule has 0 fully saturated rings. The van der Waals surface area contributed by atoms with Gasteiger partial charge in [-0.3, -0.25) is 4.79 Å². The number of carbonyl (C=O) groups excluding carboxylic acids is 1. The molecule has 0 spiro atoms. The molecule has 0 bridgehead atoms. The molecule has 19 heavy (non-hydrogen) atoms. The number of benzene rings is 1. The number of methoxy groups -OCH3 is 1. The van der Waals surface area contributed by atoms with Gasteiger partial charge in [0, 0.05) is 12.1 Å². The molecule has 0 aliphatic carbocycles. The molecule has 0 aliphatic heterocycles. The van der Waals surface area contributed by atoms with Crippen LogP contribution in [0.2, 0.25) is 0 Å². The van der Waals surface area contributed by atoms with Crippen LogP contribution in [0.5, 0.6) is 11.5 Å². The van der Waals surface area contributed by atoms with Crippen LogP contribution >= 0.6 is 0 Å². The summed E-state index contributed by atoms with van der Waals surface area (Å²) in [7, 11) is 1.58. The minimum absolute atomic E-state index is 0.0794. The summed E-state index contributed by atoms with van der Waals surface area (Å²) in [6, 6.07) is 5.21. The van der Waals surface area contributed by atoms with E-state index in [0.29, 0.717) is 36.1 Å². The maximum atomic E-state index is 12.0. The molecule has 0 atom stereocenters. The fourth-order valence-electron chi connectivity index (χ4n) is 1.66. The van der Waals surface area contributed by atoms with Crippen molar-refractivity contribution in [2.24, 2.45) is 5.92 Å². The van der Waals surface area contributed by atoms with Gasteiger partial charge in [-0.25, -0.2) is 0 Å². The molecule has 1 amide bonds. The van der Waals surface area contributed by atoms with Gasteiger partial charge >= 0.3 is 0 Å². The van der Waals surface area contributed by atoms with Crippen molar-refractivity contribution < 1.29 is 14.3 Å². The van der Waals surface area contributed by atoms with Crippen LogP contribution in [0.4, 0.5) is 0 Å². The molecule has 4 heteroatoms. The number of rotatable bonds is 7. The zero-order valence-corrected chi connectivity index (χ0v) is 12.2. The second-order valence-electron chi connectivity index (χ2n) is 4.74. The van der Waals surface area contributed by atoms with Gasteiger partial charge in [0.1, 0.15) is 0 Å². The third-order valence-corrected chi connectivity index (χ3v) is 2.73. The predicted octanol–water partition coefficient (Wildman–Crippen LogP) is 2.87. The maximum absolute atomic E-state index is 12.0. The number of hydrogen-bond donors (Lipinski definition) is 1. The van der Waals surface area contributed by atoms with Crippen molar-refractivity contribution in [1.29, 1.82) is 0 Å². The van der Waals surface area contributed by atoms with Crippen LogP contribution in [-0.2, 0) is 0 Å². The quantitative estimate of drug-likeness (QED) is 0.824. The first kappa shape index (κ1) is 15.3. The van der Waals surface area contributed by atoms with E-state index in [9.17, 15) is 4.79 Å². The van der Waals surface area contributed by atoms with Gasteiger partial charge in [0.15, 0.2) is 11.5 Å². The molecule has 0 aromatic heterocycles. The van der Waals surface area contributed by atoms with E-state index in [1.807, 2.05) is 6.92 Å². The largest absolute Gasteiger partial charge is 0.493 e. The molecule has 0 radical (unpaired) electrons. The highest BCUT2D eigenvalue weighted by molar-refractivity contribution is 5.94. The fourth-order valence-corrected chi connectivity index (χ4v) is 1.66. The van der Waals surface area contributed by atoms with Crippen LogP contribution < -0.4 is 14.8 Å². The molecule has 0 aliphatic rings. The number of ether oxygens (including phenoxy) is 2. The van der Waals surface area contributed by atoms with E-state index in [1.54, 1.807) is 25.3 Å². The van der Waals surface area contributed by atoms with Crippen LogP contribution in [0.25, 0.3) is 0 Å². The molecule has 1 aromatic rings. The topological polar surface area (TPSA) is 47.6 Å². The molecule has 0 saturated carbocycles. The summed E-state index contributed by atoms with van der Waals surface area (Å²) in [5.74, 6) is 1.74. The second kappa shape index (κ2) is 7.67. The highest BCUT2D eigenvalue weighted by Gasteiger charge is 2.10. The molecule has 106 valence electrons. The SMILES string of the molecule is CCOc1cc(C(=O)NCCC(C)C)ccc1OC. The minimum Gasteiger partial charge on any atom is -0.493 e. The monoisotopic (exact) mass is 265 g/mol. The van der Waals surface area contributed by atoms with Crippen molar-refractivity contribution in [2.45, 2.75) is 27.2 Å². The summed E-state index contributed by atoms with van der Waals surface area (Å²) in [5.41, 5.74) is 0.591. The Hall–Kier alpha value is -1.71. The van der Waals surface area contributed by atoms with Gasteiger partial charge < -0.3 is 14.8 Å². The van der Waals surface area contributed by atoms with E-state index >= 15 is 0 Å². The lowest BCUT2D eigenvalue weighted by molar-refractivity contribution is 0.0951. The van der Waals surface area contributed by atoms with Crippen molar-refractivity contribution in [1.82, 2.24) is 5.32 Å². The normalized spacial score (nSPS) is 10.4. The van der Waals surface area contributed by atoms with Crippen LogP contribution in [-0.4, -0.2) is 26.2 Å². The average Bonchev–Trinajstić information content (AvgIpc) is 2.38. The number of amides is 1. The smallest absolute Gasteiger partial charge is 0.251 e. The van der Waals surface area contributed by atoms with Crippen molar-refractivity contribution in [3.63, 3.8) is 0 Å². The van der Waals surface area contributed by atoms with Gasteiger partial charge in [-0.05, 0) is 37.5 Å². The summed E-state index contributed by atoms with van der Waals surface area (Å²) in [6.07, 6.45) is 0.972. The maximum Gasteiger partial charge on any atom is 0.251 e. The molecule has 1 aromatic carbocycles. The number of carbonyl (C=O) groups is 1. The molecule has 0 heterocycles. The van der Waals surface area contributed by atoms with E-state index in [1.165, 1.54) is 0 Å². The van der Waals surface area contributed by atoms with Crippen molar-refractivity contribution >= 4 is 5.91 Å². The van der Waals surface area contributed by atoms with E-state index < -0.39 is 0 Å². The van der Waals surface area contributed by atoms with Crippen molar-refractivity contribution in [2.75, 3.05) is 20.3 Å².